The number of amides is 1. The first-order chi connectivity index (χ1) is 14.7. The zero-order valence-corrected chi connectivity index (χ0v) is 16.7. The van der Waals surface area contributed by atoms with E-state index in [9.17, 15) is 4.79 Å². The van der Waals surface area contributed by atoms with Crippen LogP contribution in [0, 0.1) is 0 Å². The van der Waals surface area contributed by atoms with Crippen LogP contribution >= 0.6 is 11.3 Å². The summed E-state index contributed by atoms with van der Waals surface area (Å²) in [7, 11) is 0. The quantitative estimate of drug-likeness (QED) is 0.396. The number of pyridine rings is 1. The Labute approximate surface area is 177 Å². The van der Waals surface area contributed by atoms with Gasteiger partial charge in [0.15, 0.2) is 5.13 Å². The molecular weight excluding hydrogens is 394 g/mol. The van der Waals surface area contributed by atoms with E-state index in [2.05, 4.69) is 15.3 Å². The molecule has 0 radical (unpaired) electrons. The molecular formula is C24H17N3O2S. The van der Waals surface area contributed by atoms with Crippen molar-refractivity contribution in [2.45, 2.75) is 6.42 Å². The highest BCUT2D eigenvalue weighted by atomic mass is 32.1. The number of hydrogen-bond acceptors (Lipinski definition) is 5. The Balaban J connectivity index is 1.35. The van der Waals surface area contributed by atoms with E-state index in [1.165, 1.54) is 11.3 Å². The Morgan fingerprint density at radius 1 is 0.933 bits per heavy atom. The van der Waals surface area contributed by atoms with Crippen molar-refractivity contribution in [3.63, 3.8) is 0 Å². The van der Waals surface area contributed by atoms with E-state index in [1.54, 1.807) is 6.20 Å². The number of hydrogen-bond donors (Lipinski definition) is 1. The molecule has 2 aromatic heterocycles. The van der Waals surface area contributed by atoms with Crippen LogP contribution in [0.1, 0.15) is 5.56 Å². The maximum absolute atomic E-state index is 12.3. The molecule has 0 aliphatic rings. The van der Waals surface area contributed by atoms with Gasteiger partial charge in [0.1, 0.15) is 11.5 Å². The van der Waals surface area contributed by atoms with Crippen molar-refractivity contribution in [3.05, 3.63) is 90.6 Å². The Morgan fingerprint density at radius 3 is 2.67 bits per heavy atom. The van der Waals surface area contributed by atoms with Crippen LogP contribution < -0.4 is 10.1 Å². The van der Waals surface area contributed by atoms with Gasteiger partial charge in [-0.15, -0.1) is 0 Å². The van der Waals surface area contributed by atoms with Gasteiger partial charge in [0.2, 0.25) is 5.91 Å². The first kappa shape index (κ1) is 18.3. The van der Waals surface area contributed by atoms with Crippen molar-refractivity contribution < 1.29 is 9.53 Å². The average Bonchev–Trinajstić information content (AvgIpc) is 3.16. The highest BCUT2D eigenvalue weighted by Gasteiger charge is 2.10. The number of thiazole rings is 1. The van der Waals surface area contributed by atoms with E-state index in [0.717, 1.165) is 32.4 Å². The van der Waals surface area contributed by atoms with Crippen molar-refractivity contribution in [1.29, 1.82) is 0 Å². The summed E-state index contributed by atoms with van der Waals surface area (Å²) in [5, 5.41) is 4.43. The number of carbonyl (C=O) groups is 1. The standard InChI is InChI=1S/C24H17N3O2S/c28-23(14-16-6-2-1-3-7-16)27-24-26-20-11-10-17(15-22(20)30-24)29-21-12-13-25-19-9-5-4-8-18(19)21/h1-13,15H,14H2,(H,26,27,28). The molecule has 3 aromatic carbocycles. The molecule has 0 saturated heterocycles. The van der Waals surface area contributed by atoms with Gasteiger partial charge in [0.25, 0.3) is 0 Å². The van der Waals surface area contributed by atoms with Crippen LogP contribution in [0.25, 0.3) is 21.1 Å². The average molecular weight is 411 g/mol. The third kappa shape index (κ3) is 3.86. The van der Waals surface area contributed by atoms with Crippen molar-refractivity contribution in [2.75, 3.05) is 5.32 Å². The first-order valence-electron chi connectivity index (χ1n) is 9.50. The van der Waals surface area contributed by atoms with E-state index in [4.69, 9.17) is 4.74 Å². The van der Waals surface area contributed by atoms with Gasteiger partial charge in [-0.05, 0) is 35.9 Å². The van der Waals surface area contributed by atoms with Crippen LogP contribution in [-0.4, -0.2) is 15.9 Å². The van der Waals surface area contributed by atoms with Crippen LogP contribution in [0.15, 0.2) is 85.1 Å². The van der Waals surface area contributed by atoms with Gasteiger partial charge in [-0.2, -0.15) is 0 Å². The second-order valence-electron chi connectivity index (χ2n) is 6.79. The molecule has 0 aliphatic carbocycles. The van der Waals surface area contributed by atoms with Gasteiger partial charge in [0, 0.05) is 17.6 Å². The Bertz CT molecular complexity index is 1340. The van der Waals surface area contributed by atoms with Crippen LogP contribution in [0.3, 0.4) is 0 Å². The molecule has 6 heteroatoms. The molecule has 1 N–H and O–H groups in total. The summed E-state index contributed by atoms with van der Waals surface area (Å²) in [4.78, 5) is 21.2. The van der Waals surface area contributed by atoms with Crippen LogP contribution in [-0.2, 0) is 11.2 Å². The number of fused-ring (bicyclic) bond motifs is 2. The monoisotopic (exact) mass is 411 g/mol. The van der Waals surface area contributed by atoms with Crippen LogP contribution in [0.2, 0.25) is 0 Å². The minimum absolute atomic E-state index is 0.0833. The summed E-state index contributed by atoms with van der Waals surface area (Å²) in [6, 6.07) is 25.1. The number of carbonyl (C=O) groups excluding carboxylic acids is 1. The van der Waals surface area contributed by atoms with Gasteiger partial charge in [-0.25, -0.2) is 4.98 Å². The SMILES string of the molecule is O=C(Cc1ccccc1)Nc1nc2ccc(Oc3ccnc4ccccc34)cc2s1. The molecule has 0 saturated carbocycles. The summed E-state index contributed by atoms with van der Waals surface area (Å²) >= 11 is 1.43. The molecule has 0 atom stereocenters. The number of ether oxygens (including phenoxy) is 1. The van der Waals surface area contributed by atoms with E-state index < -0.39 is 0 Å². The number of nitrogens with one attached hydrogen (secondary N) is 1. The maximum Gasteiger partial charge on any atom is 0.230 e. The third-order valence-corrected chi connectivity index (χ3v) is 5.58. The zero-order chi connectivity index (χ0) is 20.3. The topological polar surface area (TPSA) is 64.1 Å². The largest absolute Gasteiger partial charge is 0.457 e. The van der Waals surface area contributed by atoms with E-state index in [-0.39, 0.29) is 5.91 Å². The van der Waals surface area contributed by atoms with Gasteiger partial charge in [-0.1, -0.05) is 53.8 Å². The number of anilines is 1. The number of benzene rings is 3. The van der Waals surface area contributed by atoms with Gasteiger partial charge < -0.3 is 10.1 Å². The molecule has 5 nitrogen and oxygen atoms in total. The van der Waals surface area contributed by atoms with Crippen LogP contribution in [0.5, 0.6) is 11.5 Å². The minimum atomic E-state index is -0.0833. The molecule has 0 aliphatic heterocycles. The lowest BCUT2D eigenvalue weighted by Crippen LogP contribution is -2.13. The fourth-order valence-corrected chi connectivity index (χ4v) is 4.16. The summed E-state index contributed by atoms with van der Waals surface area (Å²) in [5.41, 5.74) is 2.68. The summed E-state index contributed by atoms with van der Waals surface area (Å²) in [6.45, 7) is 0. The molecule has 1 amide bonds. The lowest BCUT2D eigenvalue weighted by atomic mass is 10.1. The van der Waals surface area contributed by atoms with E-state index >= 15 is 0 Å². The lowest BCUT2D eigenvalue weighted by molar-refractivity contribution is -0.115. The number of para-hydroxylation sites is 1. The number of aromatic nitrogens is 2. The molecule has 0 fully saturated rings. The molecule has 2 heterocycles. The third-order valence-electron chi connectivity index (χ3n) is 4.65. The molecule has 146 valence electrons. The smallest absolute Gasteiger partial charge is 0.230 e. The van der Waals surface area contributed by atoms with Crippen LogP contribution in [0.4, 0.5) is 5.13 Å². The fraction of sp³-hybridized carbons (Fsp3) is 0.0417. The van der Waals surface area contributed by atoms with Gasteiger partial charge in [0.05, 0.1) is 22.2 Å². The predicted octanol–water partition coefficient (Wildman–Crippen LogP) is 5.82. The molecule has 0 bridgehead atoms. The number of nitrogens with zero attached hydrogens (tertiary/aromatic N) is 2. The van der Waals surface area contributed by atoms with E-state index in [0.29, 0.717) is 17.3 Å². The normalized spacial score (nSPS) is 10.9. The van der Waals surface area contributed by atoms with Crippen molar-refractivity contribution in [1.82, 2.24) is 9.97 Å². The van der Waals surface area contributed by atoms with Crippen molar-refractivity contribution in [2.24, 2.45) is 0 Å². The minimum Gasteiger partial charge on any atom is -0.457 e. The second-order valence-corrected chi connectivity index (χ2v) is 7.82. The van der Waals surface area contributed by atoms with Crippen molar-refractivity contribution in [3.8, 4) is 11.5 Å². The zero-order valence-electron chi connectivity index (χ0n) is 15.9. The molecule has 0 unspecified atom stereocenters. The van der Waals surface area contributed by atoms with Crippen molar-refractivity contribution >= 4 is 43.5 Å². The summed E-state index contributed by atoms with van der Waals surface area (Å²) < 4.78 is 7.07. The number of rotatable bonds is 5. The Morgan fingerprint density at radius 2 is 1.77 bits per heavy atom. The summed E-state index contributed by atoms with van der Waals surface area (Å²) in [5.74, 6) is 1.38. The first-order valence-corrected chi connectivity index (χ1v) is 10.3. The predicted molar refractivity (Wildman–Crippen MR) is 120 cm³/mol. The molecule has 5 aromatic rings. The Kier molecular flexibility index (Phi) is 4.83. The molecule has 5 rings (SSSR count). The molecule has 30 heavy (non-hydrogen) atoms. The molecule has 0 spiro atoms. The summed E-state index contributed by atoms with van der Waals surface area (Å²) in [6.07, 6.45) is 2.06. The fourth-order valence-electron chi connectivity index (χ4n) is 3.25. The van der Waals surface area contributed by atoms with Gasteiger partial charge >= 0.3 is 0 Å². The second kappa shape index (κ2) is 7.93. The Hall–Kier alpha value is -3.77. The highest BCUT2D eigenvalue weighted by molar-refractivity contribution is 7.22. The maximum atomic E-state index is 12.3. The highest BCUT2D eigenvalue weighted by Crippen LogP contribution is 2.33. The van der Waals surface area contributed by atoms with Gasteiger partial charge in [-0.3, -0.25) is 9.78 Å². The van der Waals surface area contributed by atoms with E-state index in [1.807, 2.05) is 78.9 Å². The lowest BCUT2D eigenvalue weighted by Gasteiger charge is -2.08.